The first-order chi connectivity index (χ1) is 11.0. The standard InChI is InChI=1S/C17H28N2O4/c1-12(18-15(20)10-13-6-3-2-4-7-13)17(23)19-9-5-8-14(19)11-16(21)22/h12-14H,2-11H2,1H3,(H,18,20)(H,21,22). The summed E-state index contributed by atoms with van der Waals surface area (Å²) in [6, 6.07) is -0.821. The van der Waals surface area contributed by atoms with Crippen LogP contribution in [0.3, 0.4) is 0 Å². The maximum atomic E-state index is 12.5. The van der Waals surface area contributed by atoms with E-state index < -0.39 is 12.0 Å². The number of carbonyl (C=O) groups excluding carboxylic acids is 2. The van der Waals surface area contributed by atoms with E-state index in [2.05, 4.69) is 5.32 Å². The number of nitrogens with one attached hydrogen (secondary N) is 1. The Balaban J connectivity index is 1.81. The van der Waals surface area contributed by atoms with Crippen molar-refractivity contribution in [3.05, 3.63) is 0 Å². The van der Waals surface area contributed by atoms with Crippen LogP contribution in [0.25, 0.3) is 0 Å². The van der Waals surface area contributed by atoms with Crippen molar-refractivity contribution in [2.45, 2.75) is 76.8 Å². The zero-order valence-electron chi connectivity index (χ0n) is 13.9. The predicted molar refractivity (Wildman–Crippen MR) is 85.8 cm³/mol. The van der Waals surface area contributed by atoms with Gasteiger partial charge in [0.1, 0.15) is 6.04 Å². The summed E-state index contributed by atoms with van der Waals surface area (Å²) < 4.78 is 0. The van der Waals surface area contributed by atoms with Gasteiger partial charge in [0, 0.05) is 19.0 Å². The molecule has 1 saturated heterocycles. The van der Waals surface area contributed by atoms with Crippen LogP contribution in [0.4, 0.5) is 0 Å². The highest BCUT2D eigenvalue weighted by Crippen LogP contribution is 2.26. The van der Waals surface area contributed by atoms with Crippen LogP contribution in [0.1, 0.15) is 64.7 Å². The molecular formula is C17H28N2O4. The zero-order valence-corrected chi connectivity index (χ0v) is 13.9. The molecule has 2 aliphatic rings. The maximum Gasteiger partial charge on any atom is 0.305 e. The molecule has 2 rings (SSSR count). The van der Waals surface area contributed by atoms with Crippen LogP contribution in [-0.4, -0.2) is 46.4 Å². The summed E-state index contributed by atoms with van der Waals surface area (Å²) >= 11 is 0. The normalized spacial score (nSPS) is 23.5. The van der Waals surface area contributed by atoms with Crippen molar-refractivity contribution in [1.82, 2.24) is 10.2 Å². The number of hydrogen-bond donors (Lipinski definition) is 2. The summed E-state index contributed by atoms with van der Waals surface area (Å²) in [5.74, 6) is -0.668. The van der Waals surface area contributed by atoms with Crippen molar-refractivity contribution in [3.63, 3.8) is 0 Å². The third-order valence-corrected chi connectivity index (χ3v) is 5.02. The Labute approximate surface area is 137 Å². The van der Waals surface area contributed by atoms with Crippen LogP contribution >= 0.6 is 0 Å². The first kappa shape index (κ1) is 17.8. The van der Waals surface area contributed by atoms with Gasteiger partial charge in [0.05, 0.1) is 6.42 Å². The Bertz CT molecular complexity index is 446. The van der Waals surface area contributed by atoms with Crippen LogP contribution in [0.15, 0.2) is 0 Å². The first-order valence-corrected chi connectivity index (χ1v) is 8.79. The van der Waals surface area contributed by atoms with Crippen molar-refractivity contribution in [3.8, 4) is 0 Å². The fraction of sp³-hybridized carbons (Fsp3) is 0.824. The number of carboxylic acids is 1. The van der Waals surface area contributed by atoms with Gasteiger partial charge in [0.25, 0.3) is 0 Å². The van der Waals surface area contributed by atoms with Crippen LogP contribution in [0.2, 0.25) is 0 Å². The van der Waals surface area contributed by atoms with Crippen LogP contribution in [0, 0.1) is 5.92 Å². The fourth-order valence-corrected chi connectivity index (χ4v) is 3.80. The summed E-state index contributed by atoms with van der Waals surface area (Å²) in [6.07, 6.45) is 7.87. The van der Waals surface area contributed by atoms with Gasteiger partial charge in [-0.25, -0.2) is 0 Å². The molecule has 0 bridgehead atoms. The Hall–Kier alpha value is -1.59. The van der Waals surface area contributed by atoms with Gasteiger partial charge in [-0.1, -0.05) is 19.3 Å². The Morgan fingerprint density at radius 3 is 2.43 bits per heavy atom. The third kappa shape index (κ3) is 5.22. The van der Waals surface area contributed by atoms with E-state index in [0.717, 1.165) is 25.7 Å². The minimum atomic E-state index is -0.885. The fourth-order valence-electron chi connectivity index (χ4n) is 3.80. The lowest BCUT2D eigenvalue weighted by Gasteiger charge is -2.27. The lowest BCUT2D eigenvalue weighted by Crippen LogP contribution is -2.49. The molecule has 1 aliphatic heterocycles. The molecule has 0 radical (unpaired) electrons. The second-order valence-electron chi connectivity index (χ2n) is 6.92. The molecule has 2 unspecified atom stereocenters. The van der Waals surface area contributed by atoms with E-state index in [1.54, 1.807) is 11.8 Å². The van der Waals surface area contributed by atoms with Crippen molar-refractivity contribution in [1.29, 1.82) is 0 Å². The molecule has 2 atom stereocenters. The summed E-state index contributed by atoms with van der Waals surface area (Å²) in [6.45, 7) is 2.27. The van der Waals surface area contributed by atoms with Crippen molar-refractivity contribution >= 4 is 17.8 Å². The molecule has 2 fully saturated rings. The molecular weight excluding hydrogens is 296 g/mol. The molecule has 2 N–H and O–H groups in total. The van der Waals surface area contributed by atoms with Gasteiger partial charge in [-0.15, -0.1) is 0 Å². The molecule has 2 amide bonds. The minimum Gasteiger partial charge on any atom is -0.481 e. The largest absolute Gasteiger partial charge is 0.481 e. The smallest absolute Gasteiger partial charge is 0.305 e. The van der Waals surface area contributed by atoms with Gasteiger partial charge >= 0.3 is 5.97 Å². The number of aliphatic carboxylic acids is 1. The summed E-state index contributed by atoms with van der Waals surface area (Å²) in [5.41, 5.74) is 0. The Morgan fingerprint density at radius 1 is 1.09 bits per heavy atom. The number of carboxylic acid groups (broad SMARTS) is 1. The third-order valence-electron chi connectivity index (χ3n) is 5.02. The molecule has 6 nitrogen and oxygen atoms in total. The molecule has 0 aromatic carbocycles. The van der Waals surface area contributed by atoms with Gasteiger partial charge < -0.3 is 15.3 Å². The van der Waals surface area contributed by atoms with E-state index in [-0.39, 0.29) is 24.3 Å². The van der Waals surface area contributed by atoms with E-state index in [4.69, 9.17) is 5.11 Å². The van der Waals surface area contributed by atoms with E-state index in [9.17, 15) is 14.4 Å². The van der Waals surface area contributed by atoms with Crippen molar-refractivity contribution in [2.24, 2.45) is 5.92 Å². The van der Waals surface area contributed by atoms with Crippen LogP contribution in [0.5, 0.6) is 0 Å². The van der Waals surface area contributed by atoms with Crippen LogP contribution < -0.4 is 5.32 Å². The zero-order chi connectivity index (χ0) is 16.8. The average Bonchev–Trinajstić information content (AvgIpc) is 2.94. The lowest BCUT2D eigenvalue weighted by molar-refractivity contribution is -0.141. The predicted octanol–water partition coefficient (Wildman–Crippen LogP) is 1.93. The average molecular weight is 324 g/mol. The molecule has 1 aliphatic carbocycles. The van der Waals surface area contributed by atoms with E-state index in [0.29, 0.717) is 18.9 Å². The first-order valence-electron chi connectivity index (χ1n) is 8.79. The lowest BCUT2D eigenvalue weighted by atomic mass is 9.87. The van der Waals surface area contributed by atoms with E-state index in [1.807, 2.05) is 0 Å². The molecule has 0 spiro atoms. The molecule has 0 aromatic heterocycles. The number of carbonyl (C=O) groups is 3. The van der Waals surface area contributed by atoms with E-state index >= 15 is 0 Å². The molecule has 130 valence electrons. The topological polar surface area (TPSA) is 86.7 Å². The second-order valence-corrected chi connectivity index (χ2v) is 6.92. The number of amides is 2. The highest BCUT2D eigenvalue weighted by Gasteiger charge is 2.33. The van der Waals surface area contributed by atoms with Gasteiger partial charge in [-0.2, -0.15) is 0 Å². The summed E-state index contributed by atoms with van der Waals surface area (Å²) in [7, 11) is 0. The molecule has 6 heteroatoms. The number of rotatable bonds is 6. The number of likely N-dealkylation sites (tertiary alicyclic amines) is 1. The SMILES string of the molecule is CC(NC(=O)CC1CCCCC1)C(=O)N1CCCC1CC(=O)O. The summed E-state index contributed by atoms with van der Waals surface area (Å²) in [4.78, 5) is 37.1. The number of nitrogens with zero attached hydrogens (tertiary/aromatic N) is 1. The van der Waals surface area contributed by atoms with Gasteiger partial charge in [-0.3, -0.25) is 14.4 Å². The van der Waals surface area contributed by atoms with Crippen molar-refractivity contribution in [2.75, 3.05) is 6.54 Å². The van der Waals surface area contributed by atoms with Crippen molar-refractivity contribution < 1.29 is 19.5 Å². The quantitative estimate of drug-likeness (QED) is 0.781. The van der Waals surface area contributed by atoms with Gasteiger partial charge in [0.2, 0.25) is 11.8 Å². The molecule has 1 saturated carbocycles. The van der Waals surface area contributed by atoms with Crippen LogP contribution in [-0.2, 0) is 14.4 Å². The minimum absolute atomic E-state index is 0.0194. The number of hydrogen-bond acceptors (Lipinski definition) is 3. The summed E-state index contributed by atoms with van der Waals surface area (Å²) in [5, 5.41) is 11.7. The highest BCUT2D eigenvalue weighted by atomic mass is 16.4. The Kier molecular flexibility index (Phi) is 6.42. The highest BCUT2D eigenvalue weighted by molar-refractivity contribution is 5.88. The molecule has 23 heavy (non-hydrogen) atoms. The second kappa shape index (κ2) is 8.31. The molecule has 0 aromatic rings. The van der Waals surface area contributed by atoms with Gasteiger partial charge in [0.15, 0.2) is 0 Å². The van der Waals surface area contributed by atoms with E-state index in [1.165, 1.54) is 19.3 Å². The maximum absolute atomic E-state index is 12.5. The molecule has 1 heterocycles. The monoisotopic (exact) mass is 324 g/mol. The Morgan fingerprint density at radius 2 is 1.78 bits per heavy atom. The van der Waals surface area contributed by atoms with Gasteiger partial charge in [-0.05, 0) is 38.5 Å².